The van der Waals surface area contributed by atoms with E-state index in [-0.39, 0.29) is 49.3 Å². The molecule has 4 amide bonds. The average molecular weight is 663 g/mol. The fourth-order valence-electron chi connectivity index (χ4n) is 4.45. The first-order valence-electron chi connectivity index (χ1n) is 15.6. The third-order valence-corrected chi connectivity index (χ3v) is 7.12. The Balaban J connectivity index is 1.88. The highest BCUT2D eigenvalue weighted by atomic mass is 16.5. The van der Waals surface area contributed by atoms with Crippen LogP contribution < -0.4 is 21.5 Å². The maximum Gasteiger partial charge on any atom is 0.329 e. The Morgan fingerprint density at radius 1 is 0.625 bits per heavy atom. The van der Waals surface area contributed by atoms with Crippen LogP contribution in [-0.4, -0.2) is 60.2 Å². The summed E-state index contributed by atoms with van der Waals surface area (Å²) in [5.41, 5.74) is 6.76. The number of aryl methyl sites for hydroxylation is 2. The molecule has 0 radical (unpaired) electrons. The molecular weight excluding hydrogens is 620 g/mol. The molecule has 14 heteroatoms. The van der Waals surface area contributed by atoms with Gasteiger partial charge in [-0.25, -0.2) is 10.9 Å². The van der Waals surface area contributed by atoms with E-state index < -0.39 is 47.4 Å². The first-order chi connectivity index (χ1) is 22.8. The van der Waals surface area contributed by atoms with Gasteiger partial charge in [-0.1, -0.05) is 64.1 Å². The minimum Gasteiger partial charge on any atom is -0.465 e. The van der Waals surface area contributed by atoms with Gasteiger partial charge in [0, 0.05) is 24.2 Å². The van der Waals surface area contributed by atoms with Crippen LogP contribution in [0.2, 0.25) is 0 Å². The predicted molar refractivity (Wildman–Crippen MR) is 179 cm³/mol. The van der Waals surface area contributed by atoms with Gasteiger partial charge < -0.3 is 20.1 Å². The highest BCUT2D eigenvalue weighted by Gasteiger charge is 2.42. The average Bonchev–Trinajstić information content (AvgIpc) is 3.05. The van der Waals surface area contributed by atoms with Crippen molar-refractivity contribution < 1.29 is 38.2 Å². The van der Waals surface area contributed by atoms with Crippen LogP contribution in [-0.2, 0) is 38.2 Å². The summed E-state index contributed by atoms with van der Waals surface area (Å²) in [5, 5.41) is 13.2. The smallest absolute Gasteiger partial charge is 0.329 e. The van der Waals surface area contributed by atoms with Gasteiger partial charge in [0.05, 0.1) is 24.6 Å². The van der Waals surface area contributed by atoms with Crippen LogP contribution in [0.4, 0.5) is 11.4 Å². The summed E-state index contributed by atoms with van der Waals surface area (Å²) >= 11 is 0. The largest absolute Gasteiger partial charge is 0.465 e. The number of para-hydroxylation sites is 2. The molecule has 0 saturated heterocycles. The van der Waals surface area contributed by atoms with Crippen molar-refractivity contribution in [2.24, 2.45) is 33.9 Å². The van der Waals surface area contributed by atoms with Crippen molar-refractivity contribution in [1.82, 2.24) is 10.9 Å². The number of nitrogens with zero attached hydrogens (tertiary/aromatic N) is 2. The van der Waals surface area contributed by atoms with Crippen molar-refractivity contribution in [3.8, 4) is 0 Å². The van der Waals surface area contributed by atoms with Crippen LogP contribution in [0.15, 0.2) is 58.7 Å². The molecule has 2 atom stereocenters. The number of carbonyl (C=O) groups excluding carboxylic acids is 6. The topological polar surface area (TPSA) is 194 Å². The molecule has 1 fully saturated rings. The Morgan fingerprint density at radius 3 is 1.31 bits per heavy atom. The predicted octanol–water partition coefficient (Wildman–Crippen LogP) is 3.25. The lowest BCUT2D eigenvalue weighted by Crippen LogP contribution is -2.44. The monoisotopic (exact) mass is 662 g/mol. The van der Waals surface area contributed by atoms with E-state index in [2.05, 4.69) is 31.7 Å². The summed E-state index contributed by atoms with van der Waals surface area (Å²) in [4.78, 5) is 77.1. The van der Waals surface area contributed by atoms with E-state index in [1.165, 1.54) is 0 Å². The van der Waals surface area contributed by atoms with Crippen molar-refractivity contribution >= 4 is 58.4 Å². The molecule has 2 aromatic carbocycles. The number of amides is 4. The van der Waals surface area contributed by atoms with Crippen LogP contribution in [0.3, 0.4) is 0 Å². The third-order valence-electron chi connectivity index (χ3n) is 7.12. The SMILES string of the molecule is Cc1ccccc1NC(=O)C(=O)N/N=C1\CC(C(=O)OCC(C)C)/C(=N/NC(=O)C(=O)Nc2ccccc2C)CC1C(=O)OCC(C)C. The minimum absolute atomic E-state index is 0.000667. The number of anilines is 2. The Hall–Kier alpha value is -5.40. The van der Waals surface area contributed by atoms with E-state index in [9.17, 15) is 28.8 Å². The molecule has 14 nitrogen and oxygen atoms in total. The molecular formula is C34H42N6O8. The fourth-order valence-corrected chi connectivity index (χ4v) is 4.45. The number of hydrogen-bond acceptors (Lipinski definition) is 10. The Kier molecular flexibility index (Phi) is 13.5. The van der Waals surface area contributed by atoms with Crippen molar-refractivity contribution in [3.05, 3.63) is 59.7 Å². The molecule has 4 N–H and O–H groups in total. The second-order valence-corrected chi connectivity index (χ2v) is 12.2. The quantitative estimate of drug-likeness (QED) is 0.169. The number of hydrazone groups is 2. The molecule has 2 aromatic rings. The van der Waals surface area contributed by atoms with Crippen LogP contribution >= 0.6 is 0 Å². The zero-order valence-electron chi connectivity index (χ0n) is 27.9. The van der Waals surface area contributed by atoms with Crippen molar-refractivity contribution in [1.29, 1.82) is 0 Å². The standard InChI is InChI=1S/C34H42N6O8/c1-19(2)17-47-33(45)23-15-28(38-40-32(44)30(42)36-26-14-10-8-12-22(26)6)24(34(46)48-18-20(3)4)16-27(23)37-39-31(43)29(41)35-25-13-9-7-11-21(25)5/h7-14,19-20,23-24H,15-18H2,1-6H3,(H,35,41)(H,36,42)(H,39,43)(H,40,44)/b37-27+,38-28+. The lowest BCUT2D eigenvalue weighted by atomic mass is 9.78. The molecule has 0 bridgehead atoms. The molecule has 1 aliphatic rings. The van der Waals surface area contributed by atoms with Crippen molar-refractivity contribution in [3.63, 3.8) is 0 Å². The molecule has 2 unspecified atom stereocenters. The number of ether oxygens (including phenoxy) is 2. The van der Waals surface area contributed by atoms with E-state index in [1.54, 1.807) is 62.4 Å². The molecule has 256 valence electrons. The minimum atomic E-state index is -1.14. The highest BCUT2D eigenvalue weighted by molar-refractivity contribution is 6.40. The van der Waals surface area contributed by atoms with Crippen molar-refractivity contribution in [2.75, 3.05) is 23.8 Å². The highest BCUT2D eigenvalue weighted by Crippen LogP contribution is 2.28. The van der Waals surface area contributed by atoms with Gasteiger partial charge in [0.25, 0.3) is 0 Å². The summed E-state index contributed by atoms with van der Waals surface area (Å²) in [5.74, 6) is -7.92. The van der Waals surface area contributed by atoms with E-state index in [4.69, 9.17) is 9.47 Å². The van der Waals surface area contributed by atoms with Gasteiger partial charge >= 0.3 is 35.6 Å². The van der Waals surface area contributed by atoms with Gasteiger partial charge in [0.1, 0.15) is 11.8 Å². The van der Waals surface area contributed by atoms with Crippen LogP contribution in [0.1, 0.15) is 51.7 Å². The normalized spacial score (nSPS) is 17.5. The van der Waals surface area contributed by atoms with Gasteiger partial charge in [-0.2, -0.15) is 10.2 Å². The zero-order valence-corrected chi connectivity index (χ0v) is 27.9. The maximum absolute atomic E-state index is 13.3. The number of benzene rings is 2. The maximum atomic E-state index is 13.3. The van der Waals surface area contributed by atoms with Crippen molar-refractivity contribution in [2.45, 2.75) is 54.4 Å². The van der Waals surface area contributed by atoms with E-state index in [0.717, 1.165) is 11.1 Å². The van der Waals surface area contributed by atoms with Crippen LogP contribution in [0.5, 0.6) is 0 Å². The number of nitrogens with one attached hydrogen (secondary N) is 4. The number of carbonyl (C=O) groups is 6. The lowest BCUT2D eigenvalue weighted by Gasteiger charge is -2.29. The van der Waals surface area contributed by atoms with Crippen LogP contribution in [0.25, 0.3) is 0 Å². The Morgan fingerprint density at radius 2 is 0.979 bits per heavy atom. The fraction of sp³-hybridized carbons (Fsp3) is 0.412. The molecule has 0 heterocycles. The second kappa shape index (κ2) is 17.5. The summed E-state index contributed by atoms with van der Waals surface area (Å²) in [6.07, 6.45) is -0.523. The molecule has 1 saturated carbocycles. The third kappa shape index (κ3) is 10.9. The molecule has 48 heavy (non-hydrogen) atoms. The summed E-state index contributed by atoms with van der Waals surface area (Å²) in [6, 6.07) is 13.8. The zero-order chi connectivity index (χ0) is 35.4. The first kappa shape index (κ1) is 37.1. The Labute approximate surface area is 279 Å². The number of esters is 2. The molecule has 1 aliphatic carbocycles. The molecule has 3 rings (SSSR count). The van der Waals surface area contributed by atoms with E-state index in [0.29, 0.717) is 11.4 Å². The second-order valence-electron chi connectivity index (χ2n) is 12.2. The summed E-state index contributed by atoms with van der Waals surface area (Å²) in [6.45, 7) is 11.1. The lowest BCUT2D eigenvalue weighted by molar-refractivity contribution is -0.149. The Bertz CT molecular complexity index is 1480. The molecule has 0 aromatic heterocycles. The van der Waals surface area contributed by atoms with Crippen LogP contribution in [0, 0.1) is 37.5 Å². The first-order valence-corrected chi connectivity index (χ1v) is 15.6. The van der Waals surface area contributed by atoms with Gasteiger partial charge in [-0.15, -0.1) is 0 Å². The summed E-state index contributed by atoms with van der Waals surface area (Å²) in [7, 11) is 0. The molecule has 0 aliphatic heterocycles. The van der Waals surface area contributed by atoms with Gasteiger partial charge in [-0.3, -0.25) is 28.8 Å². The molecule has 0 spiro atoms. The van der Waals surface area contributed by atoms with Gasteiger partial charge in [-0.05, 0) is 48.9 Å². The summed E-state index contributed by atoms with van der Waals surface area (Å²) < 4.78 is 10.9. The number of rotatable bonds is 10. The van der Waals surface area contributed by atoms with E-state index in [1.807, 2.05) is 27.7 Å². The van der Waals surface area contributed by atoms with Gasteiger partial charge in [0.2, 0.25) is 0 Å². The van der Waals surface area contributed by atoms with E-state index >= 15 is 0 Å². The number of hydrogen-bond donors (Lipinski definition) is 4. The van der Waals surface area contributed by atoms with Gasteiger partial charge in [0.15, 0.2) is 0 Å².